The van der Waals surface area contributed by atoms with E-state index in [1.807, 2.05) is 6.07 Å². The van der Waals surface area contributed by atoms with Crippen LogP contribution in [-0.4, -0.2) is 11.5 Å². The summed E-state index contributed by atoms with van der Waals surface area (Å²) < 4.78 is 8.79. The quantitative estimate of drug-likeness (QED) is 0.661. The highest BCUT2D eigenvalue weighted by Gasteiger charge is 1.96. The van der Waals surface area contributed by atoms with Crippen molar-refractivity contribution in [3.05, 3.63) is 10.9 Å². The SMILES string of the molecule is COc1cc(CN)sn1. The van der Waals surface area contributed by atoms with Crippen LogP contribution in [0.4, 0.5) is 0 Å². The number of hydrogen-bond donors (Lipinski definition) is 1. The monoisotopic (exact) mass is 144 g/mol. The average molecular weight is 144 g/mol. The van der Waals surface area contributed by atoms with Crippen LogP contribution in [0.1, 0.15) is 4.88 Å². The Morgan fingerprint density at radius 2 is 2.67 bits per heavy atom. The molecule has 0 atom stereocenters. The molecule has 0 saturated heterocycles. The molecule has 0 aliphatic heterocycles. The van der Waals surface area contributed by atoms with Gasteiger partial charge in [-0.05, 0) is 11.5 Å². The molecule has 50 valence electrons. The van der Waals surface area contributed by atoms with Crippen molar-refractivity contribution in [1.82, 2.24) is 4.37 Å². The summed E-state index contributed by atoms with van der Waals surface area (Å²) in [7, 11) is 1.59. The molecule has 9 heavy (non-hydrogen) atoms. The molecule has 0 fully saturated rings. The third kappa shape index (κ3) is 1.40. The van der Waals surface area contributed by atoms with Crippen molar-refractivity contribution in [2.75, 3.05) is 7.11 Å². The second-order valence-corrected chi connectivity index (χ2v) is 2.43. The maximum atomic E-state index is 5.33. The topological polar surface area (TPSA) is 48.1 Å². The van der Waals surface area contributed by atoms with Gasteiger partial charge in [-0.25, -0.2) is 0 Å². The molecule has 1 aromatic heterocycles. The van der Waals surface area contributed by atoms with Gasteiger partial charge in [-0.1, -0.05) is 0 Å². The summed E-state index contributed by atoms with van der Waals surface area (Å²) in [6.07, 6.45) is 0. The molecule has 0 aliphatic rings. The van der Waals surface area contributed by atoms with E-state index < -0.39 is 0 Å². The number of methoxy groups -OCH3 is 1. The van der Waals surface area contributed by atoms with Gasteiger partial charge in [0.15, 0.2) is 0 Å². The van der Waals surface area contributed by atoms with E-state index in [1.165, 1.54) is 11.5 Å². The fraction of sp³-hybridized carbons (Fsp3) is 0.400. The normalized spacial score (nSPS) is 9.56. The zero-order valence-corrected chi connectivity index (χ0v) is 5.94. The van der Waals surface area contributed by atoms with E-state index >= 15 is 0 Å². The van der Waals surface area contributed by atoms with E-state index in [4.69, 9.17) is 10.5 Å². The smallest absolute Gasteiger partial charge is 0.225 e. The summed E-state index contributed by atoms with van der Waals surface area (Å²) in [5.74, 6) is 0.653. The highest BCUT2D eigenvalue weighted by Crippen LogP contribution is 2.14. The lowest BCUT2D eigenvalue weighted by Gasteiger charge is -1.86. The minimum atomic E-state index is 0.543. The Bertz CT molecular complexity index is 168. The van der Waals surface area contributed by atoms with Crippen molar-refractivity contribution in [3.63, 3.8) is 0 Å². The van der Waals surface area contributed by atoms with Crippen LogP contribution >= 0.6 is 11.5 Å². The van der Waals surface area contributed by atoms with Crippen LogP contribution in [0.2, 0.25) is 0 Å². The highest BCUT2D eigenvalue weighted by atomic mass is 32.1. The van der Waals surface area contributed by atoms with E-state index in [1.54, 1.807) is 7.11 Å². The molecule has 0 radical (unpaired) electrons. The van der Waals surface area contributed by atoms with Crippen molar-refractivity contribution < 1.29 is 4.74 Å². The van der Waals surface area contributed by atoms with Crippen LogP contribution < -0.4 is 10.5 Å². The van der Waals surface area contributed by atoms with E-state index in [2.05, 4.69) is 4.37 Å². The van der Waals surface area contributed by atoms with Gasteiger partial charge in [0.25, 0.3) is 0 Å². The van der Waals surface area contributed by atoms with Crippen LogP contribution in [0.15, 0.2) is 6.07 Å². The highest BCUT2D eigenvalue weighted by molar-refractivity contribution is 7.05. The zero-order chi connectivity index (χ0) is 6.69. The Kier molecular flexibility index (Phi) is 2.02. The standard InChI is InChI=1S/C5H8N2OS/c1-8-5-2-4(3-6)9-7-5/h2H,3,6H2,1H3. The molecule has 3 nitrogen and oxygen atoms in total. The number of rotatable bonds is 2. The van der Waals surface area contributed by atoms with E-state index in [0.29, 0.717) is 12.4 Å². The molecule has 0 bridgehead atoms. The van der Waals surface area contributed by atoms with E-state index in [9.17, 15) is 0 Å². The van der Waals surface area contributed by atoms with Crippen LogP contribution in [0.25, 0.3) is 0 Å². The Balaban J connectivity index is 2.74. The minimum absolute atomic E-state index is 0.543. The zero-order valence-electron chi connectivity index (χ0n) is 5.13. The lowest BCUT2D eigenvalue weighted by Crippen LogP contribution is -1.91. The number of ether oxygens (including phenoxy) is 1. The Labute approximate surface area is 57.6 Å². The maximum Gasteiger partial charge on any atom is 0.225 e. The van der Waals surface area contributed by atoms with Crippen molar-refractivity contribution in [2.45, 2.75) is 6.54 Å². The predicted octanol–water partition coefficient (Wildman–Crippen LogP) is 0.610. The van der Waals surface area contributed by atoms with Crippen LogP contribution in [-0.2, 0) is 6.54 Å². The Hall–Kier alpha value is -0.610. The van der Waals surface area contributed by atoms with Gasteiger partial charge in [0, 0.05) is 17.5 Å². The van der Waals surface area contributed by atoms with Gasteiger partial charge in [0.05, 0.1) is 7.11 Å². The average Bonchev–Trinajstić information content (AvgIpc) is 2.34. The number of aromatic nitrogens is 1. The lowest BCUT2D eigenvalue weighted by atomic mass is 10.5. The first-order chi connectivity index (χ1) is 4.36. The molecule has 4 heteroatoms. The second kappa shape index (κ2) is 2.80. The summed E-state index contributed by atoms with van der Waals surface area (Å²) in [5, 5.41) is 0. The van der Waals surface area contributed by atoms with Gasteiger partial charge in [0.2, 0.25) is 5.88 Å². The predicted molar refractivity (Wildman–Crippen MR) is 36.6 cm³/mol. The molecular weight excluding hydrogens is 136 g/mol. The van der Waals surface area contributed by atoms with Crippen molar-refractivity contribution in [2.24, 2.45) is 5.73 Å². The summed E-state index contributed by atoms with van der Waals surface area (Å²) in [6, 6.07) is 1.84. The summed E-state index contributed by atoms with van der Waals surface area (Å²) in [5.41, 5.74) is 5.33. The van der Waals surface area contributed by atoms with Crippen LogP contribution in [0.3, 0.4) is 0 Å². The fourth-order valence-electron chi connectivity index (χ4n) is 0.486. The van der Waals surface area contributed by atoms with E-state index in [0.717, 1.165) is 4.88 Å². The van der Waals surface area contributed by atoms with Crippen molar-refractivity contribution in [1.29, 1.82) is 0 Å². The summed E-state index contributed by atoms with van der Waals surface area (Å²) >= 11 is 1.37. The molecule has 1 rings (SSSR count). The van der Waals surface area contributed by atoms with E-state index in [-0.39, 0.29) is 0 Å². The van der Waals surface area contributed by atoms with Gasteiger partial charge >= 0.3 is 0 Å². The largest absolute Gasteiger partial charge is 0.480 e. The third-order valence-electron chi connectivity index (χ3n) is 0.948. The second-order valence-electron chi connectivity index (χ2n) is 1.54. The number of nitrogens with two attached hydrogens (primary N) is 1. The molecule has 0 spiro atoms. The minimum Gasteiger partial charge on any atom is -0.480 e. The molecule has 0 saturated carbocycles. The molecule has 1 heterocycles. The number of nitrogens with zero attached hydrogens (tertiary/aromatic N) is 1. The van der Waals surface area contributed by atoms with Crippen LogP contribution in [0, 0.1) is 0 Å². The van der Waals surface area contributed by atoms with Crippen molar-refractivity contribution in [3.8, 4) is 5.88 Å². The fourth-order valence-corrected chi connectivity index (χ4v) is 1.05. The molecule has 2 N–H and O–H groups in total. The van der Waals surface area contributed by atoms with Crippen LogP contribution in [0.5, 0.6) is 5.88 Å². The van der Waals surface area contributed by atoms with Gasteiger partial charge in [-0.3, -0.25) is 0 Å². The first kappa shape index (κ1) is 6.51. The Morgan fingerprint density at radius 3 is 3.00 bits per heavy atom. The number of hydrogen-bond acceptors (Lipinski definition) is 4. The molecule has 0 aliphatic carbocycles. The van der Waals surface area contributed by atoms with Crippen molar-refractivity contribution >= 4 is 11.5 Å². The lowest BCUT2D eigenvalue weighted by molar-refractivity contribution is 0.402. The summed E-state index contributed by atoms with van der Waals surface area (Å²) in [6.45, 7) is 0.543. The summed E-state index contributed by atoms with van der Waals surface area (Å²) in [4.78, 5) is 1.05. The first-order valence-electron chi connectivity index (χ1n) is 2.56. The van der Waals surface area contributed by atoms with Gasteiger partial charge in [0.1, 0.15) is 0 Å². The molecular formula is C5H8N2OS. The first-order valence-corrected chi connectivity index (χ1v) is 3.34. The molecule has 0 unspecified atom stereocenters. The molecule has 1 aromatic rings. The van der Waals surface area contributed by atoms with Gasteiger partial charge < -0.3 is 10.5 Å². The van der Waals surface area contributed by atoms with Gasteiger partial charge in [-0.2, -0.15) is 4.37 Å². The van der Waals surface area contributed by atoms with Gasteiger partial charge in [-0.15, -0.1) is 0 Å². The third-order valence-corrected chi connectivity index (χ3v) is 1.74. The maximum absolute atomic E-state index is 5.33. The molecule has 0 aromatic carbocycles. The molecule has 0 amide bonds. The Morgan fingerprint density at radius 1 is 1.89 bits per heavy atom.